The van der Waals surface area contributed by atoms with E-state index in [-0.39, 0.29) is 0 Å². The van der Waals surface area contributed by atoms with Crippen molar-refractivity contribution in [3.05, 3.63) is 24.2 Å². The van der Waals surface area contributed by atoms with E-state index in [9.17, 15) is 0 Å². The van der Waals surface area contributed by atoms with E-state index in [1.165, 1.54) is 12.8 Å². The molecule has 0 bridgehead atoms. The lowest BCUT2D eigenvalue weighted by atomic mass is 10.00. The van der Waals surface area contributed by atoms with Crippen LogP contribution in [0.1, 0.15) is 45.0 Å². The zero-order valence-corrected chi connectivity index (χ0v) is 11.6. The van der Waals surface area contributed by atoms with E-state index in [1.54, 1.807) is 0 Å². The van der Waals surface area contributed by atoms with Crippen LogP contribution in [0, 0.1) is 0 Å². The van der Waals surface area contributed by atoms with Crippen molar-refractivity contribution < 1.29 is 0 Å². The molecule has 2 N–H and O–H groups in total. The van der Waals surface area contributed by atoms with Crippen molar-refractivity contribution in [1.82, 2.24) is 19.5 Å². The number of nitrogens with two attached hydrogens (primary N) is 1. The summed E-state index contributed by atoms with van der Waals surface area (Å²) in [6, 6.07) is 4.60. The summed E-state index contributed by atoms with van der Waals surface area (Å²) in [7, 11) is 0. The molecule has 2 aromatic heterocycles. The first kappa shape index (κ1) is 12.4. The highest BCUT2D eigenvalue weighted by atomic mass is 15.3. The molecule has 3 heterocycles. The van der Waals surface area contributed by atoms with Crippen molar-refractivity contribution in [1.29, 1.82) is 0 Å². The number of rotatable bonds is 2. The van der Waals surface area contributed by atoms with E-state index in [4.69, 9.17) is 5.73 Å². The molecule has 2 aromatic rings. The molecule has 0 amide bonds. The van der Waals surface area contributed by atoms with Crippen LogP contribution < -0.4 is 5.73 Å². The van der Waals surface area contributed by atoms with Gasteiger partial charge in [-0.15, -0.1) is 5.10 Å². The van der Waals surface area contributed by atoms with Crippen LogP contribution in [-0.2, 0) is 0 Å². The van der Waals surface area contributed by atoms with Crippen molar-refractivity contribution in [2.75, 3.05) is 12.3 Å². The zero-order chi connectivity index (χ0) is 13.4. The van der Waals surface area contributed by atoms with Crippen LogP contribution in [0.4, 0.5) is 5.69 Å². The lowest BCUT2D eigenvalue weighted by molar-refractivity contribution is 0.106. The minimum absolute atomic E-state index is 0.342. The average Bonchev–Trinajstić information content (AvgIpc) is 2.81. The Morgan fingerprint density at radius 2 is 2.21 bits per heavy atom. The fourth-order valence-electron chi connectivity index (χ4n) is 2.90. The van der Waals surface area contributed by atoms with Crippen LogP contribution in [0.2, 0.25) is 0 Å². The third kappa shape index (κ3) is 2.30. The number of nitrogens with zero attached hydrogens (tertiary/aromatic N) is 4. The molecule has 1 aliphatic rings. The smallest absolute Gasteiger partial charge is 0.168 e. The average molecular weight is 259 g/mol. The molecule has 19 heavy (non-hydrogen) atoms. The molecule has 0 aliphatic carbocycles. The predicted octanol–water partition coefficient (Wildman–Crippen LogP) is 2.25. The van der Waals surface area contributed by atoms with Crippen molar-refractivity contribution in [3.8, 4) is 0 Å². The number of pyridine rings is 1. The first-order valence-corrected chi connectivity index (χ1v) is 7.02. The fraction of sp³-hybridized carbons (Fsp3) is 0.571. The second-order valence-corrected chi connectivity index (χ2v) is 5.58. The number of piperidine rings is 1. The summed E-state index contributed by atoms with van der Waals surface area (Å²) in [5, 5.41) is 4.62. The van der Waals surface area contributed by atoms with Crippen LogP contribution in [0.3, 0.4) is 0 Å². The summed E-state index contributed by atoms with van der Waals surface area (Å²) in [6.07, 6.45) is 5.55. The van der Waals surface area contributed by atoms with Crippen molar-refractivity contribution in [2.24, 2.45) is 0 Å². The third-order valence-corrected chi connectivity index (χ3v) is 3.88. The van der Waals surface area contributed by atoms with Gasteiger partial charge in [-0.1, -0.05) is 6.42 Å². The maximum Gasteiger partial charge on any atom is 0.168 e. The quantitative estimate of drug-likeness (QED) is 0.898. The van der Waals surface area contributed by atoms with E-state index >= 15 is 0 Å². The molecule has 1 fully saturated rings. The van der Waals surface area contributed by atoms with Gasteiger partial charge >= 0.3 is 0 Å². The van der Waals surface area contributed by atoms with Crippen LogP contribution in [0.5, 0.6) is 0 Å². The van der Waals surface area contributed by atoms with Crippen LogP contribution >= 0.6 is 0 Å². The number of hydrogen-bond acceptors (Lipinski definition) is 4. The van der Waals surface area contributed by atoms with Gasteiger partial charge in [0, 0.05) is 24.0 Å². The molecule has 0 radical (unpaired) electrons. The fourth-order valence-corrected chi connectivity index (χ4v) is 2.90. The lowest BCUT2D eigenvalue weighted by Gasteiger charge is -2.36. The number of likely N-dealkylation sites (tertiary alicyclic amines) is 1. The standard InChI is InChI=1S/C14H21N5/c1-10(2)18-7-4-3-5-12(18)14-16-13-9-11(15)6-8-19(13)17-14/h6,8-10,12H,3-5,7,15H2,1-2H3. The molecule has 5 heteroatoms. The highest BCUT2D eigenvalue weighted by Gasteiger charge is 2.28. The Balaban J connectivity index is 1.97. The molecule has 1 unspecified atom stereocenters. The van der Waals surface area contributed by atoms with Crippen LogP contribution in [0.25, 0.3) is 5.65 Å². The Kier molecular flexibility index (Phi) is 3.14. The molecule has 0 saturated carbocycles. The SMILES string of the molecule is CC(C)N1CCCCC1c1nc2cc(N)ccn2n1. The van der Waals surface area contributed by atoms with E-state index in [2.05, 4.69) is 28.8 Å². The zero-order valence-electron chi connectivity index (χ0n) is 11.6. The van der Waals surface area contributed by atoms with Gasteiger partial charge in [0.2, 0.25) is 0 Å². The summed E-state index contributed by atoms with van der Waals surface area (Å²) < 4.78 is 1.82. The Bertz CT molecular complexity index is 574. The number of aromatic nitrogens is 3. The van der Waals surface area contributed by atoms with Gasteiger partial charge in [-0.2, -0.15) is 0 Å². The predicted molar refractivity (Wildman–Crippen MR) is 75.8 cm³/mol. The molecule has 3 rings (SSSR count). The maximum absolute atomic E-state index is 5.80. The minimum Gasteiger partial charge on any atom is -0.399 e. The molecule has 1 atom stereocenters. The lowest BCUT2D eigenvalue weighted by Crippen LogP contribution is -2.39. The van der Waals surface area contributed by atoms with Gasteiger partial charge in [0.05, 0.1) is 6.04 Å². The molecule has 1 aliphatic heterocycles. The van der Waals surface area contributed by atoms with E-state index in [0.717, 1.165) is 30.1 Å². The van der Waals surface area contributed by atoms with Crippen molar-refractivity contribution >= 4 is 11.3 Å². The number of fused-ring (bicyclic) bond motifs is 1. The second kappa shape index (κ2) is 4.81. The highest BCUT2D eigenvalue weighted by Crippen LogP contribution is 2.30. The molecule has 102 valence electrons. The van der Waals surface area contributed by atoms with Gasteiger partial charge in [0.15, 0.2) is 11.5 Å². The minimum atomic E-state index is 0.342. The normalized spacial score (nSPS) is 21.3. The van der Waals surface area contributed by atoms with Gasteiger partial charge in [0.25, 0.3) is 0 Å². The van der Waals surface area contributed by atoms with Gasteiger partial charge in [-0.3, -0.25) is 4.90 Å². The first-order chi connectivity index (χ1) is 9.15. The van der Waals surface area contributed by atoms with Crippen LogP contribution in [0.15, 0.2) is 18.3 Å². The van der Waals surface area contributed by atoms with Crippen molar-refractivity contribution in [2.45, 2.75) is 45.2 Å². The molecular weight excluding hydrogens is 238 g/mol. The largest absolute Gasteiger partial charge is 0.399 e. The summed E-state index contributed by atoms with van der Waals surface area (Å²) in [5.41, 5.74) is 7.37. The van der Waals surface area contributed by atoms with E-state index in [1.807, 2.05) is 22.8 Å². The third-order valence-electron chi connectivity index (χ3n) is 3.88. The summed E-state index contributed by atoms with van der Waals surface area (Å²) in [4.78, 5) is 7.16. The van der Waals surface area contributed by atoms with Gasteiger partial charge in [0.1, 0.15) is 0 Å². The highest BCUT2D eigenvalue weighted by molar-refractivity contribution is 5.50. The Labute approximate surface area is 113 Å². The topological polar surface area (TPSA) is 59.5 Å². The molecule has 1 saturated heterocycles. The van der Waals surface area contributed by atoms with Crippen LogP contribution in [-0.4, -0.2) is 32.1 Å². The van der Waals surface area contributed by atoms with Gasteiger partial charge in [-0.05, 0) is 39.3 Å². The Morgan fingerprint density at radius 1 is 1.37 bits per heavy atom. The molecular formula is C14H21N5. The molecule has 5 nitrogen and oxygen atoms in total. The second-order valence-electron chi connectivity index (χ2n) is 5.58. The van der Waals surface area contributed by atoms with E-state index < -0.39 is 0 Å². The van der Waals surface area contributed by atoms with Crippen molar-refractivity contribution in [3.63, 3.8) is 0 Å². The summed E-state index contributed by atoms with van der Waals surface area (Å²) >= 11 is 0. The Morgan fingerprint density at radius 3 is 3.00 bits per heavy atom. The number of nitrogen functional groups attached to an aromatic ring is 1. The Hall–Kier alpha value is -1.62. The summed E-state index contributed by atoms with van der Waals surface area (Å²) in [5.74, 6) is 0.930. The van der Waals surface area contributed by atoms with E-state index in [0.29, 0.717) is 12.1 Å². The monoisotopic (exact) mass is 259 g/mol. The number of anilines is 1. The maximum atomic E-state index is 5.80. The first-order valence-electron chi connectivity index (χ1n) is 7.02. The number of hydrogen-bond donors (Lipinski definition) is 1. The summed E-state index contributed by atoms with van der Waals surface area (Å²) in [6.45, 7) is 5.62. The molecule has 0 spiro atoms. The molecule has 0 aromatic carbocycles. The van der Waals surface area contributed by atoms with Gasteiger partial charge in [-0.25, -0.2) is 9.50 Å². The van der Waals surface area contributed by atoms with Gasteiger partial charge < -0.3 is 5.73 Å².